The molecular formula is C22H22N4. The van der Waals surface area contributed by atoms with E-state index in [1.807, 2.05) is 42.0 Å². The molecule has 1 aliphatic rings. The first-order valence-electron chi connectivity index (χ1n) is 9.15. The van der Waals surface area contributed by atoms with Gasteiger partial charge in [-0.1, -0.05) is 24.3 Å². The van der Waals surface area contributed by atoms with Crippen molar-refractivity contribution in [3.05, 3.63) is 59.9 Å². The highest BCUT2D eigenvalue weighted by Gasteiger charge is 2.13. The molecule has 1 fully saturated rings. The summed E-state index contributed by atoms with van der Waals surface area (Å²) in [6.07, 6.45) is 5.79. The number of aromatic nitrogens is 2. The third-order valence-electron chi connectivity index (χ3n) is 5.07. The Balaban J connectivity index is 1.64. The number of fused-ring (bicyclic) bond motifs is 1. The van der Waals surface area contributed by atoms with Gasteiger partial charge >= 0.3 is 0 Å². The molecule has 130 valence electrons. The molecule has 0 spiro atoms. The van der Waals surface area contributed by atoms with Crippen molar-refractivity contribution in [2.24, 2.45) is 7.05 Å². The maximum atomic E-state index is 9.67. The Morgan fingerprint density at radius 1 is 1.04 bits per heavy atom. The van der Waals surface area contributed by atoms with Crippen molar-refractivity contribution in [1.29, 1.82) is 5.26 Å². The van der Waals surface area contributed by atoms with Crippen LogP contribution >= 0.6 is 0 Å². The Labute approximate surface area is 154 Å². The molecule has 3 aromatic rings. The van der Waals surface area contributed by atoms with Gasteiger partial charge in [0.15, 0.2) is 5.82 Å². The number of hydrogen-bond donors (Lipinski definition) is 0. The van der Waals surface area contributed by atoms with Gasteiger partial charge in [-0.2, -0.15) is 5.26 Å². The molecule has 0 bridgehead atoms. The molecule has 0 unspecified atom stereocenters. The van der Waals surface area contributed by atoms with Crippen LogP contribution in [-0.2, 0) is 7.05 Å². The van der Waals surface area contributed by atoms with Gasteiger partial charge in [-0.3, -0.25) is 0 Å². The van der Waals surface area contributed by atoms with Crippen molar-refractivity contribution in [2.45, 2.75) is 19.3 Å². The van der Waals surface area contributed by atoms with E-state index in [9.17, 15) is 5.26 Å². The number of piperidine rings is 1. The van der Waals surface area contributed by atoms with Gasteiger partial charge in [0.25, 0.3) is 0 Å². The lowest BCUT2D eigenvalue weighted by Crippen LogP contribution is -2.29. The number of anilines is 1. The summed E-state index contributed by atoms with van der Waals surface area (Å²) in [5.74, 6) is 0.703. The molecule has 1 saturated heterocycles. The Morgan fingerprint density at radius 2 is 1.77 bits per heavy atom. The summed E-state index contributed by atoms with van der Waals surface area (Å²) in [4.78, 5) is 7.07. The topological polar surface area (TPSA) is 44.9 Å². The van der Waals surface area contributed by atoms with Crippen molar-refractivity contribution in [1.82, 2.24) is 9.55 Å². The first kappa shape index (κ1) is 16.4. The predicted octanol–water partition coefficient (Wildman–Crippen LogP) is 4.63. The SMILES string of the molecule is Cn1c(/C(C#N)=C/c2ccc(N3CCCCC3)cc2)nc2ccccc21. The van der Waals surface area contributed by atoms with Crippen LogP contribution in [0.4, 0.5) is 5.69 Å². The summed E-state index contributed by atoms with van der Waals surface area (Å²) >= 11 is 0. The van der Waals surface area contributed by atoms with E-state index in [4.69, 9.17) is 0 Å². The van der Waals surface area contributed by atoms with Gasteiger partial charge in [-0.15, -0.1) is 0 Å². The molecule has 26 heavy (non-hydrogen) atoms. The number of imidazole rings is 1. The van der Waals surface area contributed by atoms with Crippen molar-refractivity contribution >= 4 is 28.4 Å². The molecule has 1 aliphatic heterocycles. The molecule has 0 amide bonds. The van der Waals surface area contributed by atoms with Gasteiger partial charge in [0, 0.05) is 25.8 Å². The Morgan fingerprint density at radius 3 is 2.46 bits per heavy atom. The fourth-order valence-electron chi connectivity index (χ4n) is 3.63. The van der Waals surface area contributed by atoms with Crippen LogP contribution in [-0.4, -0.2) is 22.6 Å². The van der Waals surface area contributed by atoms with E-state index in [2.05, 4.69) is 40.2 Å². The highest BCUT2D eigenvalue weighted by molar-refractivity contribution is 5.90. The minimum absolute atomic E-state index is 0.578. The van der Waals surface area contributed by atoms with E-state index < -0.39 is 0 Å². The number of nitriles is 1. The molecule has 2 heterocycles. The van der Waals surface area contributed by atoms with Gasteiger partial charge in [-0.25, -0.2) is 4.98 Å². The molecule has 2 aromatic carbocycles. The first-order valence-corrected chi connectivity index (χ1v) is 9.15. The van der Waals surface area contributed by atoms with Gasteiger partial charge in [0.05, 0.1) is 16.6 Å². The second kappa shape index (κ2) is 7.05. The monoisotopic (exact) mass is 342 g/mol. The van der Waals surface area contributed by atoms with E-state index >= 15 is 0 Å². The standard InChI is InChI=1S/C22H22N4/c1-25-21-8-4-3-7-20(21)24-22(25)18(16-23)15-17-9-11-19(12-10-17)26-13-5-2-6-14-26/h3-4,7-12,15H,2,5-6,13-14H2,1H3/b18-15+. The third kappa shape index (κ3) is 3.09. The summed E-state index contributed by atoms with van der Waals surface area (Å²) in [6.45, 7) is 2.27. The highest BCUT2D eigenvalue weighted by Crippen LogP contribution is 2.24. The number of para-hydroxylation sites is 2. The molecule has 4 heteroatoms. The summed E-state index contributed by atoms with van der Waals surface area (Å²) in [7, 11) is 1.95. The number of rotatable bonds is 3. The average molecular weight is 342 g/mol. The normalized spacial score (nSPS) is 15.2. The van der Waals surface area contributed by atoms with Crippen LogP contribution in [0.15, 0.2) is 48.5 Å². The van der Waals surface area contributed by atoms with E-state index in [1.165, 1.54) is 24.9 Å². The van der Waals surface area contributed by atoms with Crippen molar-refractivity contribution < 1.29 is 0 Å². The van der Waals surface area contributed by atoms with E-state index in [1.54, 1.807) is 0 Å². The molecule has 0 radical (unpaired) electrons. The summed E-state index contributed by atoms with van der Waals surface area (Å²) in [6, 6.07) is 18.7. The molecule has 1 aromatic heterocycles. The summed E-state index contributed by atoms with van der Waals surface area (Å²) < 4.78 is 1.98. The predicted molar refractivity (Wildman–Crippen MR) is 107 cm³/mol. The van der Waals surface area contributed by atoms with Gasteiger partial charge < -0.3 is 9.47 Å². The third-order valence-corrected chi connectivity index (χ3v) is 5.07. The van der Waals surface area contributed by atoms with Gasteiger partial charge in [0.2, 0.25) is 0 Å². The number of aryl methyl sites for hydroxylation is 1. The zero-order chi connectivity index (χ0) is 17.9. The lowest BCUT2D eigenvalue weighted by atomic mass is 10.1. The van der Waals surface area contributed by atoms with E-state index in [0.29, 0.717) is 11.4 Å². The first-order chi connectivity index (χ1) is 12.8. The number of allylic oxidation sites excluding steroid dienone is 1. The highest BCUT2D eigenvalue weighted by atomic mass is 15.1. The minimum Gasteiger partial charge on any atom is -0.372 e. The van der Waals surface area contributed by atoms with E-state index in [-0.39, 0.29) is 0 Å². The Kier molecular flexibility index (Phi) is 4.45. The zero-order valence-corrected chi connectivity index (χ0v) is 15.0. The lowest BCUT2D eigenvalue weighted by Gasteiger charge is -2.28. The molecule has 0 saturated carbocycles. The van der Waals surface area contributed by atoms with Crippen LogP contribution in [0.25, 0.3) is 22.7 Å². The lowest BCUT2D eigenvalue weighted by molar-refractivity contribution is 0.578. The molecule has 0 N–H and O–H groups in total. The van der Waals surface area contributed by atoms with Crippen LogP contribution in [0.3, 0.4) is 0 Å². The second-order valence-corrected chi connectivity index (χ2v) is 6.79. The van der Waals surface area contributed by atoms with Crippen molar-refractivity contribution in [3.8, 4) is 6.07 Å². The van der Waals surface area contributed by atoms with Crippen LogP contribution in [0, 0.1) is 11.3 Å². The van der Waals surface area contributed by atoms with E-state index in [0.717, 1.165) is 29.7 Å². The fourth-order valence-corrected chi connectivity index (χ4v) is 3.63. The fraction of sp³-hybridized carbons (Fsp3) is 0.273. The Bertz CT molecular complexity index is 983. The molecule has 4 nitrogen and oxygen atoms in total. The summed E-state index contributed by atoms with van der Waals surface area (Å²) in [5, 5.41) is 9.67. The summed E-state index contributed by atoms with van der Waals surface area (Å²) in [5.41, 5.74) is 4.81. The number of benzene rings is 2. The van der Waals surface area contributed by atoms with Crippen LogP contribution in [0.1, 0.15) is 30.7 Å². The number of hydrogen-bond acceptors (Lipinski definition) is 3. The number of nitrogens with zero attached hydrogens (tertiary/aromatic N) is 4. The molecule has 4 rings (SSSR count). The van der Waals surface area contributed by atoms with Crippen molar-refractivity contribution in [3.63, 3.8) is 0 Å². The molecule has 0 aliphatic carbocycles. The van der Waals surface area contributed by atoms with Gasteiger partial charge in [-0.05, 0) is 55.2 Å². The van der Waals surface area contributed by atoms with Crippen molar-refractivity contribution in [2.75, 3.05) is 18.0 Å². The zero-order valence-electron chi connectivity index (χ0n) is 15.0. The maximum absolute atomic E-state index is 9.67. The molecular weight excluding hydrogens is 320 g/mol. The Hall–Kier alpha value is -3.06. The quantitative estimate of drug-likeness (QED) is 0.652. The molecule has 0 atom stereocenters. The largest absolute Gasteiger partial charge is 0.372 e. The van der Waals surface area contributed by atoms with Gasteiger partial charge in [0.1, 0.15) is 6.07 Å². The van der Waals surface area contributed by atoms with Crippen LogP contribution in [0.2, 0.25) is 0 Å². The maximum Gasteiger partial charge on any atom is 0.151 e. The average Bonchev–Trinajstić information content (AvgIpc) is 3.04. The minimum atomic E-state index is 0.578. The van der Waals surface area contributed by atoms with Crippen LogP contribution in [0.5, 0.6) is 0 Å². The van der Waals surface area contributed by atoms with Crippen LogP contribution < -0.4 is 4.90 Å². The smallest absolute Gasteiger partial charge is 0.151 e. The second-order valence-electron chi connectivity index (χ2n) is 6.79.